The van der Waals surface area contributed by atoms with Crippen molar-refractivity contribution in [2.75, 3.05) is 18.0 Å². The monoisotopic (exact) mass is 285 g/mol. The molecule has 0 unspecified atom stereocenters. The maximum atomic E-state index is 4.78. The summed E-state index contributed by atoms with van der Waals surface area (Å²) in [7, 11) is 0. The fraction of sp³-hybridized carbons (Fsp3) is 0.688. The molecule has 1 spiro atoms. The van der Waals surface area contributed by atoms with Crippen LogP contribution in [0.3, 0.4) is 0 Å². The molecule has 0 aromatic carbocycles. The van der Waals surface area contributed by atoms with E-state index in [-0.39, 0.29) is 0 Å². The minimum Gasteiger partial charge on any atom is -0.355 e. The predicted molar refractivity (Wildman–Crippen MR) is 82.5 cm³/mol. The predicted octanol–water partition coefficient (Wildman–Crippen LogP) is 2.85. The van der Waals surface area contributed by atoms with E-state index in [0.717, 1.165) is 30.3 Å². The Hall–Kier alpha value is -1.65. The molecule has 0 atom stereocenters. The summed E-state index contributed by atoms with van der Waals surface area (Å²) in [5, 5.41) is 13.2. The Morgan fingerprint density at radius 1 is 1.10 bits per heavy atom. The molecule has 0 radical (unpaired) electrons. The zero-order chi connectivity index (χ0) is 14.3. The molecule has 2 aromatic rings. The number of anilines is 1. The SMILES string of the molecule is CCc1nnc2ccc(N3CCC4(CCCCC4)C3)nn12. The number of aryl methyl sites for hydroxylation is 1. The van der Waals surface area contributed by atoms with Gasteiger partial charge in [0.05, 0.1) is 0 Å². The largest absolute Gasteiger partial charge is 0.355 e. The lowest BCUT2D eigenvalue weighted by Gasteiger charge is -2.33. The molecule has 0 bridgehead atoms. The number of aromatic nitrogens is 4. The molecule has 5 heteroatoms. The van der Waals surface area contributed by atoms with Gasteiger partial charge in [-0.15, -0.1) is 15.3 Å². The van der Waals surface area contributed by atoms with Crippen LogP contribution in [0, 0.1) is 5.41 Å². The highest BCUT2D eigenvalue weighted by Gasteiger charge is 2.39. The summed E-state index contributed by atoms with van der Waals surface area (Å²) in [5.41, 5.74) is 1.41. The average molecular weight is 285 g/mol. The summed E-state index contributed by atoms with van der Waals surface area (Å²) in [5.74, 6) is 2.03. The lowest BCUT2D eigenvalue weighted by Crippen LogP contribution is -2.29. The summed E-state index contributed by atoms with van der Waals surface area (Å²) in [6, 6.07) is 4.14. The van der Waals surface area contributed by atoms with Gasteiger partial charge >= 0.3 is 0 Å². The molecule has 2 aliphatic rings. The number of fused-ring (bicyclic) bond motifs is 1. The zero-order valence-electron chi connectivity index (χ0n) is 12.8. The summed E-state index contributed by atoms with van der Waals surface area (Å²) in [6.45, 7) is 4.41. The Morgan fingerprint density at radius 2 is 1.95 bits per heavy atom. The fourth-order valence-corrected chi connectivity index (χ4v) is 4.05. The minimum atomic E-state index is 0.565. The normalized spacial score (nSPS) is 21.5. The van der Waals surface area contributed by atoms with Crippen LogP contribution in [-0.2, 0) is 6.42 Å². The molecule has 1 aliphatic carbocycles. The Balaban J connectivity index is 1.61. The number of hydrogen-bond donors (Lipinski definition) is 0. The third-order valence-electron chi connectivity index (χ3n) is 5.31. The molecule has 0 amide bonds. The van der Waals surface area contributed by atoms with Gasteiger partial charge in [0, 0.05) is 19.5 Å². The van der Waals surface area contributed by atoms with Crippen LogP contribution in [0.2, 0.25) is 0 Å². The van der Waals surface area contributed by atoms with Crippen LogP contribution in [0.1, 0.15) is 51.3 Å². The molecule has 1 saturated heterocycles. The summed E-state index contributed by atoms with van der Waals surface area (Å²) in [4.78, 5) is 2.46. The highest BCUT2D eigenvalue weighted by atomic mass is 15.4. The summed E-state index contributed by atoms with van der Waals surface area (Å²) in [6.07, 6.45) is 9.23. The molecular formula is C16H23N5. The quantitative estimate of drug-likeness (QED) is 0.851. The van der Waals surface area contributed by atoms with Gasteiger partial charge in [-0.1, -0.05) is 26.2 Å². The van der Waals surface area contributed by atoms with Gasteiger partial charge in [-0.25, -0.2) is 0 Å². The van der Waals surface area contributed by atoms with Crippen molar-refractivity contribution in [2.24, 2.45) is 5.41 Å². The van der Waals surface area contributed by atoms with E-state index in [1.165, 1.54) is 45.1 Å². The van der Waals surface area contributed by atoms with Crippen molar-refractivity contribution >= 4 is 11.5 Å². The van der Waals surface area contributed by atoms with Crippen LogP contribution in [0.25, 0.3) is 5.65 Å². The van der Waals surface area contributed by atoms with Gasteiger partial charge in [-0.2, -0.15) is 4.52 Å². The van der Waals surface area contributed by atoms with E-state index in [1.807, 2.05) is 10.6 Å². The van der Waals surface area contributed by atoms with Crippen LogP contribution < -0.4 is 4.90 Å². The maximum Gasteiger partial charge on any atom is 0.178 e. The fourth-order valence-electron chi connectivity index (χ4n) is 4.05. The third-order valence-corrected chi connectivity index (χ3v) is 5.31. The van der Waals surface area contributed by atoms with E-state index in [2.05, 4.69) is 28.1 Å². The topological polar surface area (TPSA) is 46.3 Å². The van der Waals surface area contributed by atoms with Gasteiger partial charge in [0.25, 0.3) is 0 Å². The van der Waals surface area contributed by atoms with E-state index >= 15 is 0 Å². The Bertz CT molecular complexity index is 641. The van der Waals surface area contributed by atoms with Crippen molar-refractivity contribution in [2.45, 2.75) is 51.9 Å². The van der Waals surface area contributed by atoms with Crippen LogP contribution in [0.5, 0.6) is 0 Å². The average Bonchev–Trinajstić information content (AvgIpc) is 3.12. The van der Waals surface area contributed by atoms with Crippen molar-refractivity contribution in [3.05, 3.63) is 18.0 Å². The van der Waals surface area contributed by atoms with Gasteiger partial charge in [0.1, 0.15) is 5.82 Å². The van der Waals surface area contributed by atoms with Crippen LogP contribution in [-0.4, -0.2) is 32.9 Å². The van der Waals surface area contributed by atoms with Crippen molar-refractivity contribution in [3.8, 4) is 0 Å². The first-order valence-corrected chi connectivity index (χ1v) is 8.26. The van der Waals surface area contributed by atoms with Gasteiger partial charge < -0.3 is 4.90 Å². The number of hydrogen-bond acceptors (Lipinski definition) is 4. The Morgan fingerprint density at radius 3 is 2.76 bits per heavy atom. The van der Waals surface area contributed by atoms with Gasteiger partial charge in [-0.3, -0.25) is 0 Å². The van der Waals surface area contributed by atoms with Crippen LogP contribution >= 0.6 is 0 Å². The Kier molecular flexibility index (Phi) is 3.08. The Labute approximate surface area is 125 Å². The smallest absolute Gasteiger partial charge is 0.178 e. The maximum absolute atomic E-state index is 4.78. The highest BCUT2D eigenvalue weighted by molar-refractivity contribution is 5.46. The second-order valence-corrected chi connectivity index (χ2v) is 6.66. The van der Waals surface area contributed by atoms with Gasteiger partial charge in [-0.05, 0) is 36.8 Å². The molecule has 21 heavy (non-hydrogen) atoms. The first-order valence-electron chi connectivity index (χ1n) is 8.26. The molecule has 3 heterocycles. The summed E-state index contributed by atoms with van der Waals surface area (Å²) >= 11 is 0. The molecule has 5 nitrogen and oxygen atoms in total. The second kappa shape index (κ2) is 4.97. The molecule has 2 fully saturated rings. The molecule has 2 aromatic heterocycles. The van der Waals surface area contributed by atoms with Crippen LogP contribution in [0.15, 0.2) is 12.1 Å². The molecule has 1 aliphatic heterocycles. The summed E-state index contributed by atoms with van der Waals surface area (Å²) < 4.78 is 1.90. The lowest BCUT2D eigenvalue weighted by molar-refractivity contribution is 0.219. The standard InChI is InChI=1S/C16H23N5/c1-2-13-17-18-14-6-7-15(19-21(13)14)20-11-10-16(12-20)8-4-3-5-9-16/h6-7H,2-5,8-12H2,1H3. The van der Waals surface area contributed by atoms with Crippen molar-refractivity contribution in [1.82, 2.24) is 19.8 Å². The third kappa shape index (κ3) is 2.19. The number of nitrogens with zero attached hydrogens (tertiary/aromatic N) is 5. The van der Waals surface area contributed by atoms with E-state index in [4.69, 9.17) is 5.10 Å². The van der Waals surface area contributed by atoms with Gasteiger partial charge in [0.2, 0.25) is 0 Å². The zero-order valence-corrected chi connectivity index (χ0v) is 12.8. The highest BCUT2D eigenvalue weighted by Crippen LogP contribution is 2.44. The number of rotatable bonds is 2. The van der Waals surface area contributed by atoms with E-state index in [1.54, 1.807) is 0 Å². The van der Waals surface area contributed by atoms with Crippen molar-refractivity contribution in [1.29, 1.82) is 0 Å². The molecule has 1 saturated carbocycles. The molecule has 4 rings (SSSR count). The van der Waals surface area contributed by atoms with Gasteiger partial charge in [0.15, 0.2) is 11.5 Å². The van der Waals surface area contributed by atoms with Crippen molar-refractivity contribution in [3.63, 3.8) is 0 Å². The van der Waals surface area contributed by atoms with Crippen molar-refractivity contribution < 1.29 is 0 Å². The first kappa shape index (κ1) is 13.0. The molecule has 0 N–H and O–H groups in total. The molecule has 112 valence electrons. The van der Waals surface area contributed by atoms with Crippen LogP contribution in [0.4, 0.5) is 5.82 Å². The van der Waals surface area contributed by atoms with E-state index < -0.39 is 0 Å². The lowest BCUT2D eigenvalue weighted by atomic mass is 9.73. The van der Waals surface area contributed by atoms with E-state index in [9.17, 15) is 0 Å². The second-order valence-electron chi connectivity index (χ2n) is 6.66. The minimum absolute atomic E-state index is 0.565. The van der Waals surface area contributed by atoms with E-state index in [0.29, 0.717) is 5.41 Å². The first-order chi connectivity index (χ1) is 10.3. The molecular weight excluding hydrogens is 262 g/mol.